The maximum atomic E-state index is 12.1. The van der Waals surface area contributed by atoms with Crippen molar-refractivity contribution in [2.75, 3.05) is 13.2 Å². The summed E-state index contributed by atoms with van der Waals surface area (Å²) in [6.07, 6.45) is 0.144. The predicted octanol–water partition coefficient (Wildman–Crippen LogP) is 6.24. The van der Waals surface area contributed by atoms with Crippen LogP contribution >= 0.6 is 0 Å². The molecule has 0 atom stereocenters. The second-order valence-electron chi connectivity index (χ2n) is 8.82. The number of aromatic nitrogens is 2. The zero-order chi connectivity index (χ0) is 26.4. The molecular weight excluding hydrogens is 466 g/mol. The van der Waals surface area contributed by atoms with Crippen molar-refractivity contribution < 1.29 is 19.0 Å². The summed E-state index contributed by atoms with van der Waals surface area (Å²) in [5, 5.41) is 15.4. The normalized spacial score (nSPS) is 10.9. The summed E-state index contributed by atoms with van der Waals surface area (Å²) in [6, 6.07) is 21.6. The van der Waals surface area contributed by atoms with Gasteiger partial charge >= 0.3 is 5.97 Å². The van der Waals surface area contributed by atoms with Crippen LogP contribution < -0.4 is 9.47 Å². The van der Waals surface area contributed by atoms with Gasteiger partial charge < -0.3 is 14.2 Å². The van der Waals surface area contributed by atoms with Crippen LogP contribution in [0.25, 0.3) is 22.0 Å². The molecule has 0 saturated heterocycles. The van der Waals surface area contributed by atoms with E-state index in [1.165, 1.54) is 0 Å². The first-order valence-electron chi connectivity index (χ1n) is 12.5. The Morgan fingerprint density at radius 2 is 1.84 bits per heavy atom. The molecule has 0 aliphatic rings. The monoisotopic (exact) mass is 497 g/mol. The molecule has 37 heavy (non-hydrogen) atoms. The minimum absolute atomic E-state index is 0.144. The lowest BCUT2D eigenvalue weighted by Gasteiger charge is -2.13. The fourth-order valence-corrected chi connectivity index (χ4v) is 4.33. The Morgan fingerprint density at radius 1 is 1.03 bits per heavy atom. The van der Waals surface area contributed by atoms with Gasteiger partial charge in [-0.15, -0.1) is 0 Å². The third-order valence-electron chi connectivity index (χ3n) is 5.98. The number of hydrogen-bond donors (Lipinski definition) is 0. The van der Waals surface area contributed by atoms with E-state index >= 15 is 0 Å². The van der Waals surface area contributed by atoms with Crippen molar-refractivity contribution in [1.29, 1.82) is 5.26 Å². The number of benzene rings is 3. The van der Waals surface area contributed by atoms with Crippen molar-refractivity contribution >= 4 is 16.9 Å². The Kier molecular flexibility index (Phi) is 8.09. The Morgan fingerprint density at radius 3 is 2.57 bits per heavy atom. The van der Waals surface area contributed by atoms with Crippen molar-refractivity contribution in [3.8, 4) is 28.7 Å². The van der Waals surface area contributed by atoms with E-state index in [1.807, 2.05) is 60.1 Å². The fourth-order valence-electron chi connectivity index (χ4n) is 4.33. The van der Waals surface area contributed by atoms with E-state index in [1.54, 1.807) is 13.0 Å². The van der Waals surface area contributed by atoms with Crippen LogP contribution in [-0.2, 0) is 22.6 Å². The van der Waals surface area contributed by atoms with Crippen molar-refractivity contribution in [3.63, 3.8) is 0 Å². The summed E-state index contributed by atoms with van der Waals surface area (Å²) in [4.78, 5) is 12.1. The van der Waals surface area contributed by atoms with E-state index in [0.717, 1.165) is 33.3 Å². The van der Waals surface area contributed by atoms with Crippen LogP contribution in [0, 0.1) is 11.3 Å². The van der Waals surface area contributed by atoms with Crippen LogP contribution in [0.15, 0.2) is 60.7 Å². The van der Waals surface area contributed by atoms with Crippen LogP contribution in [0.1, 0.15) is 50.6 Å². The number of hydrogen-bond acceptors (Lipinski definition) is 6. The molecule has 0 amide bonds. The number of fused-ring (bicyclic) bond motifs is 1. The topological polar surface area (TPSA) is 86.4 Å². The van der Waals surface area contributed by atoms with Gasteiger partial charge in [-0.3, -0.25) is 9.48 Å². The van der Waals surface area contributed by atoms with Gasteiger partial charge in [-0.05, 0) is 57.5 Å². The molecule has 3 aromatic carbocycles. The van der Waals surface area contributed by atoms with Gasteiger partial charge in [0, 0.05) is 22.6 Å². The molecule has 0 spiro atoms. The number of ether oxygens (including phenoxy) is 3. The number of rotatable bonds is 10. The Hall–Kier alpha value is -4.31. The van der Waals surface area contributed by atoms with E-state index in [4.69, 9.17) is 19.3 Å². The molecule has 0 unspecified atom stereocenters. The van der Waals surface area contributed by atoms with Crippen molar-refractivity contribution in [3.05, 3.63) is 77.5 Å². The van der Waals surface area contributed by atoms with E-state index in [-0.39, 0.29) is 25.0 Å². The summed E-state index contributed by atoms with van der Waals surface area (Å²) in [5.74, 6) is 0.913. The molecule has 0 radical (unpaired) electrons. The van der Waals surface area contributed by atoms with Gasteiger partial charge in [-0.2, -0.15) is 10.4 Å². The molecule has 190 valence electrons. The molecular formula is C30H31N3O4. The molecule has 7 heteroatoms. The lowest BCUT2D eigenvalue weighted by Crippen LogP contribution is -2.09. The van der Waals surface area contributed by atoms with Crippen LogP contribution in [0.3, 0.4) is 0 Å². The summed E-state index contributed by atoms with van der Waals surface area (Å²) in [6.45, 7) is 8.90. The van der Waals surface area contributed by atoms with Crippen LogP contribution in [0.4, 0.5) is 0 Å². The van der Waals surface area contributed by atoms with Gasteiger partial charge in [-0.25, -0.2) is 0 Å². The zero-order valence-electron chi connectivity index (χ0n) is 21.7. The smallest absolute Gasteiger partial charge is 0.310 e. The number of carbonyl (C=O) groups is 1. The van der Waals surface area contributed by atoms with E-state index < -0.39 is 0 Å². The number of esters is 1. The fraction of sp³-hybridized carbons (Fsp3) is 0.300. The zero-order valence-corrected chi connectivity index (χ0v) is 21.7. The predicted molar refractivity (Wildman–Crippen MR) is 143 cm³/mol. The first kappa shape index (κ1) is 25.8. The SMILES string of the molecule is CCOC(=O)Cc1ccccc1OCc1nn(C(C)C)c2ccc(-c3cccc(C#N)c3OCC)cc12. The average Bonchev–Trinajstić information content (AvgIpc) is 3.27. The van der Waals surface area contributed by atoms with Crippen molar-refractivity contribution in [2.45, 2.75) is 46.8 Å². The molecule has 0 aliphatic heterocycles. The van der Waals surface area contributed by atoms with Crippen molar-refractivity contribution in [2.24, 2.45) is 0 Å². The van der Waals surface area contributed by atoms with Gasteiger partial charge in [0.15, 0.2) is 0 Å². The van der Waals surface area contributed by atoms with Gasteiger partial charge in [0.05, 0.1) is 30.7 Å². The van der Waals surface area contributed by atoms with Gasteiger partial charge in [0.1, 0.15) is 29.9 Å². The molecule has 1 heterocycles. The average molecular weight is 498 g/mol. The van der Waals surface area contributed by atoms with Gasteiger partial charge in [0.2, 0.25) is 0 Å². The third-order valence-corrected chi connectivity index (χ3v) is 5.98. The molecule has 0 saturated carbocycles. The van der Waals surface area contributed by atoms with Gasteiger partial charge in [0.25, 0.3) is 0 Å². The summed E-state index contributed by atoms with van der Waals surface area (Å²) in [5.41, 5.74) is 4.83. The van der Waals surface area contributed by atoms with Crippen LogP contribution in [0.5, 0.6) is 11.5 Å². The highest BCUT2D eigenvalue weighted by Crippen LogP contribution is 2.36. The standard InChI is InChI=1S/C30H31N3O4/c1-5-35-29(34)17-22-10-7-8-13-28(22)37-19-26-25-16-21(14-15-27(25)33(32-26)20(3)4)24-12-9-11-23(18-31)30(24)36-6-2/h7-16,20H,5-6,17,19H2,1-4H3. The number of nitrogens with zero attached hydrogens (tertiary/aromatic N) is 3. The second kappa shape index (κ2) is 11.6. The minimum Gasteiger partial charge on any atom is -0.492 e. The summed E-state index contributed by atoms with van der Waals surface area (Å²) in [7, 11) is 0. The first-order valence-corrected chi connectivity index (χ1v) is 12.5. The van der Waals surface area contributed by atoms with Gasteiger partial charge in [-0.1, -0.05) is 36.4 Å². The highest BCUT2D eigenvalue weighted by molar-refractivity contribution is 5.89. The highest BCUT2D eigenvalue weighted by atomic mass is 16.5. The number of carbonyl (C=O) groups excluding carboxylic acids is 1. The summed E-state index contributed by atoms with van der Waals surface area (Å²) >= 11 is 0. The van der Waals surface area contributed by atoms with Crippen LogP contribution in [-0.4, -0.2) is 29.0 Å². The molecule has 0 aliphatic carbocycles. The molecule has 0 N–H and O–H groups in total. The van der Waals surface area contributed by atoms with Crippen molar-refractivity contribution in [1.82, 2.24) is 9.78 Å². The maximum Gasteiger partial charge on any atom is 0.310 e. The molecule has 4 rings (SSSR count). The number of nitriles is 1. The Balaban J connectivity index is 1.72. The van der Waals surface area contributed by atoms with E-state index in [9.17, 15) is 10.1 Å². The lowest BCUT2D eigenvalue weighted by molar-refractivity contribution is -0.142. The number of para-hydroxylation sites is 2. The first-order chi connectivity index (χ1) is 18.0. The highest BCUT2D eigenvalue weighted by Gasteiger charge is 2.18. The van der Waals surface area contributed by atoms with E-state index in [0.29, 0.717) is 30.3 Å². The molecule has 0 bridgehead atoms. The lowest BCUT2D eigenvalue weighted by atomic mass is 9.99. The van der Waals surface area contributed by atoms with E-state index in [2.05, 4.69) is 26.0 Å². The Bertz CT molecular complexity index is 1450. The minimum atomic E-state index is -0.289. The molecule has 4 aromatic rings. The quantitative estimate of drug-likeness (QED) is 0.241. The maximum absolute atomic E-state index is 12.1. The molecule has 1 aromatic heterocycles. The molecule has 7 nitrogen and oxygen atoms in total. The van der Waals surface area contributed by atoms with Crippen LogP contribution in [0.2, 0.25) is 0 Å². The third kappa shape index (κ3) is 5.59. The largest absolute Gasteiger partial charge is 0.492 e. The Labute approximate surface area is 217 Å². The summed E-state index contributed by atoms with van der Waals surface area (Å²) < 4.78 is 19.1. The molecule has 0 fully saturated rings. The second-order valence-corrected chi connectivity index (χ2v) is 8.82.